The van der Waals surface area contributed by atoms with E-state index in [4.69, 9.17) is 10.5 Å². The first kappa shape index (κ1) is 12.0. The van der Waals surface area contributed by atoms with Crippen LogP contribution in [0.15, 0.2) is 24.3 Å². The summed E-state index contributed by atoms with van der Waals surface area (Å²) in [5.74, 6) is -0.334. The Kier molecular flexibility index (Phi) is 3.74. The minimum atomic E-state index is -0.502. The number of hydrogen-bond donors (Lipinski definition) is 1. The second-order valence-corrected chi connectivity index (χ2v) is 4.47. The zero-order chi connectivity index (χ0) is 11.5. The molecule has 0 spiro atoms. The summed E-state index contributed by atoms with van der Waals surface area (Å²) in [5, 5.41) is 0.598. The number of esters is 1. The van der Waals surface area contributed by atoms with Crippen molar-refractivity contribution in [3.05, 3.63) is 29.8 Å². The van der Waals surface area contributed by atoms with Crippen LogP contribution in [0.4, 0.5) is 5.69 Å². The van der Waals surface area contributed by atoms with Gasteiger partial charge in [-0.3, -0.25) is 0 Å². The standard InChI is InChI=1S/C11H14BrNO2/c1-11(2,7-12)15-10(14)8-3-5-9(13)6-4-8/h3-6H,7,13H2,1-2H3. The van der Waals surface area contributed by atoms with Gasteiger partial charge in [0.15, 0.2) is 0 Å². The Hall–Kier alpha value is -1.03. The maximum absolute atomic E-state index is 11.6. The van der Waals surface area contributed by atoms with Crippen molar-refractivity contribution in [1.29, 1.82) is 0 Å². The number of anilines is 1. The van der Waals surface area contributed by atoms with Crippen molar-refractivity contribution in [2.75, 3.05) is 11.1 Å². The quantitative estimate of drug-likeness (QED) is 0.522. The predicted molar refractivity (Wildman–Crippen MR) is 64.1 cm³/mol. The van der Waals surface area contributed by atoms with Crippen LogP contribution in [-0.4, -0.2) is 16.9 Å². The van der Waals surface area contributed by atoms with Gasteiger partial charge in [0.2, 0.25) is 0 Å². The van der Waals surface area contributed by atoms with Crippen LogP contribution in [0.1, 0.15) is 24.2 Å². The van der Waals surface area contributed by atoms with Crippen molar-refractivity contribution in [1.82, 2.24) is 0 Å². The number of benzene rings is 1. The molecule has 0 aliphatic heterocycles. The van der Waals surface area contributed by atoms with Gasteiger partial charge in [-0.1, -0.05) is 15.9 Å². The summed E-state index contributed by atoms with van der Waals surface area (Å²) in [4.78, 5) is 11.6. The Bertz CT molecular complexity index is 346. The summed E-state index contributed by atoms with van der Waals surface area (Å²) in [6.07, 6.45) is 0. The number of rotatable bonds is 3. The van der Waals surface area contributed by atoms with Crippen LogP contribution in [0.5, 0.6) is 0 Å². The number of ether oxygens (including phenoxy) is 1. The minimum absolute atomic E-state index is 0.334. The highest BCUT2D eigenvalue weighted by Gasteiger charge is 2.21. The zero-order valence-corrected chi connectivity index (χ0v) is 10.4. The fourth-order valence-corrected chi connectivity index (χ4v) is 1.07. The number of nitrogens with two attached hydrogens (primary N) is 1. The van der Waals surface area contributed by atoms with Crippen LogP contribution in [-0.2, 0) is 4.74 Å². The summed E-state index contributed by atoms with van der Waals surface area (Å²) < 4.78 is 5.29. The molecule has 2 N–H and O–H groups in total. The van der Waals surface area contributed by atoms with Crippen molar-refractivity contribution in [2.24, 2.45) is 0 Å². The third kappa shape index (κ3) is 3.55. The van der Waals surface area contributed by atoms with Gasteiger partial charge >= 0.3 is 5.97 Å². The van der Waals surface area contributed by atoms with Crippen LogP contribution >= 0.6 is 15.9 Å². The van der Waals surface area contributed by atoms with E-state index in [0.29, 0.717) is 16.6 Å². The number of alkyl halides is 1. The minimum Gasteiger partial charge on any atom is -0.455 e. The molecule has 4 heteroatoms. The normalized spacial score (nSPS) is 11.1. The number of carbonyl (C=O) groups is 1. The molecule has 0 radical (unpaired) electrons. The molecule has 0 saturated heterocycles. The molecule has 0 aromatic heterocycles. The first-order valence-corrected chi connectivity index (χ1v) is 5.71. The smallest absolute Gasteiger partial charge is 0.338 e. The molecular formula is C11H14BrNO2. The molecule has 0 aliphatic rings. The van der Waals surface area contributed by atoms with Crippen LogP contribution in [0.3, 0.4) is 0 Å². The van der Waals surface area contributed by atoms with Crippen molar-refractivity contribution in [3.63, 3.8) is 0 Å². The molecule has 15 heavy (non-hydrogen) atoms. The SMILES string of the molecule is CC(C)(CBr)OC(=O)c1ccc(N)cc1. The lowest BCUT2D eigenvalue weighted by Crippen LogP contribution is -2.29. The lowest BCUT2D eigenvalue weighted by atomic mass is 10.1. The first-order chi connectivity index (χ1) is 6.94. The van der Waals surface area contributed by atoms with Gasteiger partial charge in [-0.15, -0.1) is 0 Å². The van der Waals surface area contributed by atoms with E-state index in [0.717, 1.165) is 0 Å². The molecule has 0 aliphatic carbocycles. The third-order valence-electron chi connectivity index (χ3n) is 1.84. The largest absolute Gasteiger partial charge is 0.455 e. The van der Waals surface area contributed by atoms with E-state index >= 15 is 0 Å². The zero-order valence-electron chi connectivity index (χ0n) is 8.79. The van der Waals surface area contributed by atoms with Gasteiger partial charge < -0.3 is 10.5 Å². The number of nitrogen functional groups attached to an aromatic ring is 1. The van der Waals surface area contributed by atoms with Crippen molar-refractivity contribution >= 4 is 27.6 Å². The molecule has 0 bridgehead atoms. The molecule has 1 aromatic carbocycles. The lowest BCUT2D eigenvalue weighted by Gasteiger charge is -2.22. The van der Waals surface area contributed by atoms with Gasteiger partial charge in [0, 0.05) is 11.0 Å². The molecule has 0 fully saturated rings. The van der Waals surface area contributed by atoms with Crippen LogP contribution < -0.4 is 5.73 Å². The Labute approximate surface area is 97.7 Å². The van der Waals surface area contributed by atoms with Crippen molar-refractivity contribution < 1.29 is 9.53 Å². The fourth-order valence-electron chi connectivity index (χ4n) is 0.956. The van der Waals surface area contributed by atoms with Crippen molar-refractivity contribution in [3.8, 4) is 0 Å². The molecule has 1 aromatic rings. The van der Waals surface area contributed by atoms with E-state index in [1.165, 1.54) is 0 Å². The molecule has 0 atom stereocenters. The van der Waals surface area contributed by atoms with E-state index in [-0.39, 0.29) is 5.97 Å². The van der Waals surface area contributed by atoms with E-state index in [1.54, 1.807) is 24.3 Å². The highest BCUT2D eigenvalue weighted by Crippen LogP contribution is 2.16. The average Bonchev–Trinajstić information content (AvgIpc) is 2.18. The second-order valence-electron chi connectivity index (χ2n) is 3.90. The van der Waals surface area contributed by atoms with E-state index < -0.39 is 5.60 Å². The van der Waals surface area contributed by atoms with Crippen LogP contribution in [0, 0.1) is 0 Å². The van der Waals surface area contributed by atoms with Gasteiger partial charge in [0.05, 0.1) is 5.56 Å². The summed E-state index contributed by atoms with van der Waals surface area (Å²) in [6.45, 7) is 3.69. The van der Waals surface area contributed by atoms with Gasteiger partial charge in [-0.05, 0) is 38.1 Å². The second kappa shape index (κ2) is 4.66. The topological polar surface area (TPSA) is 52.3 Å². The molecular weight excluding hydrogens is 258 g/mol. The maximum Gasteiger partial charge on any atom is 0.338 e. The Balaban J connectivity index is 2.74. The first-order valence-electron chi connectivity index (χ1n) is 4.59. The summed E-state index contributed by atoms with van der Waals surface area (Å²) in [7, 11) is 0. The maximum atomic E-state index is 11.6. The molecule has 0 unspecified atom stereocenters. The predicted octanol–water partition coefficient (Wildman–Crippen LogP) is 2.60. The third-order valence-corrected chi connectivity index (χ3v) is 3.19. The Morgan fingerprint density at radius 1 is 1.40 bits per heavy atom. The summed E-state index contributed by atoms with van der Waals surface area (Å²) >= 11 is 3.29. The molecule has 82 valence electrons. The van der Waals surface area contributed by atoms with Crippen molar-refractivity contribution in [2.45, 2.75) is 19.4 Å². The Morgan fingerprint density at radius 2 is 1.93 bits per heavy atom. The monoisotopic (exact) mass is 271 g/mol. The molecule has 0 saturated carbocycles. The molecule has 0 heterocycles. The van der Waals surface area contributed by atoms with E-state index in [9.17, 15) is 4.79 Å². The van der Waals surface area contributed by atoms with Gasteiger partial charge in [-0.2, -0.15) is 0 Å². The summed E-state index contributed by atoms with van der Waals surface area (Å²) in [6, 6.07) is 6.67. The number of halogens is 1. The van der Waals surface area contributed by atoms with Crippen LogP contribution in [0.25, 0.3) is 0 Å². The highest BCUT2D eigenvalue weighted by molar-refractivity contribution is 9.09. The summed E-state index contributed by atoms with van der Waals surface area (Å²) in [5.41, 5.74) is 6.16. The Morgan fingerprint density at radius 3 is 2.40 bits per heavy atom. The number of carbonyl (C=O) groups excluding carboxylic acids is 1. The van der Waals surface area contributed by atoms with E-state index in [2.05, 4.69) is 15.9 Å². The lowest BCUT2D eigenvalue weighted by molar-refractivity contribution is 0.00925. The molecule has 0 amide bonds. The van der Waals surface area contributed by atoms with E-state index in [1.807, 2.05) is 13.8 Å². The van der Waals surface area contributed by atoms with Gasteiger partial charge in [0.25, 0.3) is 0 Å². The highest BCUT2D eigenvalue weighted by atomic mass is 79.9. The van der Waals surface area contributed by atoms with Crippen LogP contribution in [0.2, 0.25) is 0 Å². The molecule has 1 rings (SSSR count). The molecule has 3 nitrogen and oxygen atoms in total. The fraction of sp³-hybridized carbons (Fsp3) is 0.364. The number of hydrogen-bond acceptors (Lipinski definition) is 3. The average molecular weight is 272 g/mol. The van der Waals surface area contributed by atoms with Gasteiger partial charge in [-0.25, -0.2) is 4.79 Å². The van der Waals surface area contributed by atoms with Gasteiger partial charge in [0.1, 0.15) is 5.60 Å².